The summed E-state index contributed by atoms with van der Waals surface area (Å²) >= 11 is 3.14. The van der Waals surface area contributed by atoms with Gasteiger partial charge in [-0.2, -0.15) is 18.2 Å². The predicted octanol–water partition coefficient (Wildman–Crippen LogP) is 4.93. The number of benzene rings is 1. The van der Waals surface area contributed by atoms with E-state index in [9.17, 15) is 27.4 Å². The van der Waals surface area contributed by atoms with Crippen LogP contribution in [0.2, 0.25) is 0 Å². The van der Waals surface area contributed by atoms with E-state index in [2.05, 4.69) is 46.8 Å². The molecule has 0 aliphatic rings. The lowest BCUT2D eigenvalue weighted by Gasteiger charge is -2.17. The van der Waals surface area contributed by atoms with Crippen molar-refractivity contribution >= 4 is 53.0 Å². The van der Waals surface area contributed by atoms with Gasteiger partial charge in [-0.3, -0.25) is 4.79 Å². The third-order valence-corrected chi connectivity index (χ3v) is 6.79. The maximum absolute atomic E-state index is 13.7. The fraction of sp³-hybridized carbons (Fsp3) is 0.304. The molecule has 0 saturated heterocycles. The van der Waals surface area contributed by atoms with E-state index in [-0.39, 0.29) is 17.3 Å². The second-order valence-corrected chi connectivity index (χ2v) is 10.3. The number of pyridine rings is 1. The largest absolute Gasteiger partial charge is 0.595 e. The summed E-state index contributed by atoms with van der Waals surface area (Å²) < 4.78 is 58.0. The highest BCUT2D eigenvalue weighted by Crippen LogP contribution is 2.37. The summed E-state index contributed by atoms with van der Waals surface area (Å²) in [6.45, 7) is 1.62. The van der Waals surface area contributed by atoms with E-state index in [0.717, 1.165) is 5.56 Å². The molecule has 1 aromatic carbocycles. The van der Waals surface area contributed by atoms with Gasteiger partial charge in [-0.1, -0.05) is 10.6 Å². The lowest BCUT2D eigenvalue weighted by atomic mass is 10.1. The van der Waals surface area contributed by atoms with Gasteiger partial charge in [0.1, 0.15) is 21.7 Å². The first kappa shape index (κ1) is 29.2. The van der Waals surface area contributed by atoms with Crippen LogP contribution in [0.4, 0.5) is 36.3 Å². The molecule has 2 heterocycles. The highest BCUT2D eigenvalue weighted by Gasteiger charge is 2.36. The number of rotatable bonds is 10. The lowest BCUT2D eigenvalue weighted by molar-refractivity contribution is -0.166. The molecule has 0 aliphatic carbocycles. The van der Waals surface area contributed by atoms with E-state index in [1.54, 1.807) is 25.1 Å². The van der Waals surface area contributed by atoms with Crippen LogP contribution in [0.5, 0.6) is 5.75 Å². The van der Waals surface area contributed by atoms with E-state index in [0.29, 0.717) is 35.1 Å². The molecule has 1 amide bonds. The Morgan fingerprint density at radius 3 is 2.53 bits per heavy atom. The Balaban J connectivity index is 1.94. The number of carbonyl (C=O) groups is 1. The predicted molar refractivity (Wildman–Crippen MR) is 137 cm³/mol. The van der Waals surface area contributed by atoms with Crippen molar-refractivity contribution in [3.8, 4) is 5.75 Å². The highest BCUT2D eigenvalue weighted by atomic mass is 79.9. The molecule has 202 valence electrons. The molecule has 0 spiro atoms. The first-order valence-corrected chi connectivity index (χ1v) is 13.1. The molecular formula is C23H23BrF3N6O4P. The fourth-order valence-electron chi connectivity index (χ4n) is 3.30. The molecule has 2 aromatic heterocycles. The topological polar surface area (TPSA) is 141 Å². The van der Waals surface area contributed by atoms with Crippen LogP contribution in [-0.2, 0) is 17.2 Å². The number of halogens is 4. The molecule has 10 nitrogen and oxygen atoms in total. The number of methoxy groups -OCH3 is 1. The van der Waals surface area contributed by atoms with Crippen molar-refractivity contribution in [2.75, 3.05) is 24.8 Å². The standard InChI is InChI=1S/C23H23BrF3N6O4P/c1-12(38(35)36)4-5-13-6-7-15(17(10-13)37-3)31-22-29-11-14(23(25,26)27)20(33-22)30-16-8-9-18(24)32-19(16)21(34)28-2/h6-12H,4-5H2,1-3H3,(H,28,34)(H2,29,30,31,33). The number of aromatic nitrogens is 3. The van der Waals surface area contributed by atoms with Gasteiger partial charge < -0.3 is 25.6 Å². The first-order valence-electron chi connectivity index (χ1n) is 11.1. The monoisotopic (exact) mass is 614 g/mol. The number of hydrogen-bond acceptors (Lipinski definition) is 9. The molecule has 0 aliphatic heterocycles. The van der Waals surface area contributed by atoms with E-state index < -0.39 is 37.2 Å². The summed E-state index contributed by atoms with van der Waals surface area (Å²) in [7, 11) is 0.262. The minimum absolute atomic E-state index is 0.00121. The molecule has 2 atom stereocenters. The van der Waals surface area contributed by atoms with Crippen molar-refractivity contribution < 1.29 is 32.2 Å². The molecular weight excluding hydrogens is 592 g/mol. The summed E-state index contributed by atoms with van der Waals surface area (Å²) in [4.78, 5) is 35.2. The molecule has 3 rings (SSSR count). The van der Waals surface area contributed by atoms with Crippen LogP contribution in [-0.4, -0.2) is 40.7 Å². The van der Waals surface area contributed by atoms with Crippen molar-refractivity contribution in [1.82, 2.24) is 20.3 Å². The van der Waals surface area contributed by atoms with Crippen LogP contribution >= 0.6 is 24.0 Å². The van der Waals surface area contributed by atoms with E-state index >= 15 is 0 Å². The number of amides is 1. The van der Waals surface area contributed by atoms with Crippen LogP contribution in [0.15, 0.2) is 41.1 Å². The zero-order chi connectivity index (χ0) is 28.0. The summed E-state index contributed by atoms with van der Waals surface area (Å²) in [5.41, 5.74) is -0.584. The molecule has 15 heteroatoms. The molecule has 0 bridgehead atoms. The number of aryl methyl sites for hydroxylation is 1. The SMILES string of the molecule is CNC(=O)c1nc(Br)ccc1Nc1nc(Nc2ccc(CCC(C)[P+](=O)[O-])cc2OC)ncc1C(F)(F)F. The Kier molecular flexibility index (Phi) is 9.58. The Morgan fingerprint density at radius 1 is 1.18 bits per heavy atom. The number of anilines is 4. The van der Waals surface area contributed by atoms with Gasteiger partial charge >= 0.3 is 14.2 Å². The van der Waals surface area contributed by atoms with E-state index in [4.69, 9.17) is 4.74 Å². The Bertz CT molecular complexity index is 1340. The average molecular weight is 615 g/mol. The minimum atomic E-state index is -4.79. The van der Waals surface area contributed by atoms with Gasteiger partial charge in [0.05, 0.1) is 18.5 Å². The Hall–Kier alpha value is -3.35. The van der Waals surface area contributed by atoms with Gasteiger partial charge in [0, 0.05) is 13.2 Å². The Labute approximate surface area is 225 Å². The fourth-order valence-corrected chi connectivity index (χ4v) is 3.95. The van der Waals surface area contributed by atoms with Gasteiger partial charge in [-0.05, 0) is 65.5 Å². The van der Waals surface area contributed by atoms with Crippen LogP contribution in [0, 0.1) is 0 Å². The Morgan fingerprint density at radius 2 is 1.89 bits per heavy atom. The second kappa shape index (κ2) is 12.5. The van der Waals surface area contributed by atoms with Crippen molar-refractivity contribution in [3.63, 3.8) is 0 Å². The van der Waals surface area contributed by atoms with Gasteiger partial charge in [0.15, 0.2) is 11.4 Å². The molecule has 0 saturated carbocycles. The summed E-state index contributed by atoms with van der Waals surface area (Å²) in [6, 6.07) is 7.92. The summed E-state index contributed by atoms with van der Waals surface area (Å²) in [6.07, 6.45) is -3.26. The number of alkyl halides is 3. The number of nitrogens with one attached hydrogen (secondary N) is 3. The van der Waals surface area contributed by atoms with Gasteiger partial charge in [-0.15, -0.1) is 0 Å². The van der Waals surface area contributed by atoms with Gasteiger partial charge in [-0.25, -0.2) is 9.97 Å². The molecule has 0 fully saturated rings. The van der Waals surface area contributed by atoms with Crippen molar-refractivity contribution in [2.45, 2.75) is 31.6 Å². The van der Waals surface area contributed by atoms with Crippen LogP contribution in [0.25, 0.3) is 0 Å². The van der Waals surface area contributed by atoms with E-state index in [1.807, 2.05) is 0 Å². The second-order valence-electron chi connectivity index (χ2n) is 8.02. The minimum Gasteiger partial charge on any atom is -0.595 e. The lowest BCUT2D eigenvalue weighted by Crippen LogP contribution is -2.21. The molecule has 0 radical (unpaired) electrons. The number of ether oxygens (including phenoxy) is 1. The molecule has 2 unspecified atom stereocenters. The first-order chi connectivity index (χ1) is 17.9. The van der Waals surface area contributed by atoms with Crippen molar-refractivity contribution in [1.29, 1.82) is 0 Å². The average Bonchev–Trinajstić information content (AvgIpc) is 2.87. The zero-order valence-electron chi connectivity index (χ0n) is 20.4. The number of hydrogen-bond donors (Lipinski definition) is 3. The normalized spacial score (nSPS) is 12.5. The summed E-state index contributed by atoms with van der Waals surface area (Å²) in [5.74, 6) is -1.02. The number of carbonyl (C=O) groups excluding carboxylic acids is 1. The summed E-state index contributed by atoms with van der Waals surface area (Å²) in [5, 5.41) is 7.78. The molecule has 38 heavy (non-hydrogen) atoms. The van der Waals surface area contributed by atoms with Gasteiger partial charge in [0.2, 0.25) is 5.95 Å². The number of nitrogens with zero attached hydrogens (tertiary/aromatic N) is 3. The third kappa shape index (κ3) is 7.36. The van der Waals surface area contributed by atoms with Crippen LogP contribution < -0.4 is 25.6 Å². The van der Waals surface area contributed by atoms with Gasteiger partial charge in [0.25, 0.3) is 5.91 Å². The van der Waals surface area contributed by atoms with Crippen LogP contribution in [0.3, 0.4) is 0 Å². The van der Waals surface area contributed by atoms with Crippen molar-refractivity contribution in [3.05, 3.63) is 58.0 Å². The van der Waals surface area contributed by atoms with E-state index in [1.165, 1.54) is 26.3 Å². The molecule has 3 N–H and O–H groups in total. The molecule has 3 aromatic rings. The smallest absolute Gasteiger partial charge is 0.421 e. The maximum Gasteiger partial charge on any atom is 0.421 e. The maximum atomic E-state index is 13.7. The van der Waals surface area contributed by atoms with Crippen molar-refractivity contribution in [2.24, 2.45) is 0 Å². The zero-order valence-corrected chi connectivity index (χ0v) is 22.9. The highest BCUT2D eigenvalue weighted by molar-refractivity contribution is 9.10. The van der Waals surface area contributed by atoms with Crippen LogP contribution in [0.1, 0.15) is 35.0 Å². The third-order valence-electron chi connectivity index (χ3n) is 5.37. The quantitative estimate of drug-likeness (QED) is 0.214.